The molecule has 5 N–H and O–H groups in total. The molecule has 2 heterocycles. The number of halogens is 1. The maximum absolute atomic E-state index is 14.4. The minimum Gasteiger partial charge on any atom is -0.449 e. The zero-order valence-electron chi connectivity index (χ0n) is 31.4. The van der Waals surface area contributed by atoms with Crippen LogP contribution in [0.15, 0.2) is 79.4 Å². The van der Waals surface area contributed by atoms with Crippen molar-refractivity contribution in [2.75, 3.05) is 19.7 Å². The molecule has 2 saturated carbocycles. The lowest BCUT2D eigenvalue weighted by atomic mass is 9.98. The van der Waals surface area contributed by atoms with Gasteiger partial charge in [-0.05, 0) is 53.1 Å². The van der Waals surface area contributed by atoms with Gasteiger partial charge in [-0.15, -0.1) is 6.58 Å². The van der Waals surface area contributed by atoms with Crippen LogP contribution in [0.4, 0.5) is 14.0 Å². The normalized spacial score (nSPS) is 23.5. The average Bonchev–Trinajstić information content (AvgIpc) is 4.07. The lowest BCUT2D eigenvalue weighted by molar-refractivity contribution is -0.140. The Morgan fingerprint density at radius 1 is 0.983 bits per heavy atom. The van der Waals surface area contributed by atoms with Gasteiger partial charge in [0.15, 0.2) is 0 Å². The fourth-order valence-corrected chi connectivity index (χ4v) is 9.63. The van der Waals surface area contributed by atoms with E-state index in [1.807, 2.05) is 48.5 Å². The van der Waals surface area contributed by atoms with E-state index in [2.05, 4.69) is 21.9 Å². The second-order valence-corrected chi connectivity index (χ2v) is 17.4. The Balaban J connectivity index is 0.934. The highest BCUT2D eigenvalue weighted by Gasteiger charge is 2.62. The number of carbonyl (C=O) groups excluding carboxylic acids is 5. The largest absolute Gasteiger partial charge is 0.449 e. The smallest absolute Gasteiger partial charge is 0.410 e. The first-order chi connectivity index (χ1) is 27.8. The number of hydrogen-bond donors (Lipinski definition) is 4. The number of ether oxygens (including phenoxy) is 2. The third-order valence-electron chi connectivity index (χ3n) is 11.7. The zero-order valence-corrected chi connectivity index (χ0v) is 32.2. The second kappa shape index (κ2) is 15.2. The molecule has 3 aromatic rings. The van der Waals surface area contributed by atoms with Crippen LogP contribution in [-0.2, 0) is 47.0 Å². The number of likely N-dealkylation sites (tertiary alicyclic amines) is 1. The minimum absolute atomic E-state index is 0.0300. The Kier molecular flexibility index (Phi) is 10.2. The fourth-order valence-electron chi connectivity index (χ4n) is 8.26. The van der Waals surface area contributed by atoms with Crippen LogP contribution in [0.25, 0.3) is 11.1 Å². The van der Waals surface area contributed by atoms with Crippen molar-refractivity contribution in [2.24, 2.45) is 11.7 Å². The van der Waals surface area contributed by atoms with E-state index in [0.29, 0.717) is 24.0 Å². The van der Waals surface area contributed by atoms with Crippen molar-refractivity contribution in [2.45, 2.75) is 73.7 Å². The standard InChI is InChI=1S/C41H43FN6O9S/c1-2-24-17-41(24,38(51)46-58(54,55)26-14-15-26)45-36(49)35-16-25(57-40(53)47-19-23-8-7-13-33(42)31(23)21-47)20-48(35)37(50)34(43)18-44-39(52)56-22-32-29-11-5-3-9-27(29)28-10-4-6-12-30(28)32/h2-13,24-26,32,34-35H,1,14-22,43H2,(H,44,52)(H,45,49)(H,46,51)/t24-,25-,34+,35+,41-/m1/s1. The van der Waals surface area contributed by atoms with E-state index in [-0.39, 0.29) is 51.5 Å². The first kappa shape index (κ1) is 39.0. The van der Waals surface area contributed by atoms with Crippen molar-refractivity contribution in [3.8, 4) is 11.1 Å². The summed E-state index contributed by atoms with van der Waals surface area (Å²) in [6, 6.07) is 17.6. The van der Waals surface area contributed by atoms with Crippen LogP contribution in [0.5, 0.6) is 0 Å². The molecule has 17 heteroatoms. The number of carbonyl (C=O) groups is 5. The molecular formula is C41H43FN6O9S. The van der Waals surface area contributed by atoms with Crippen LogP contribution in [0.1, 0.15) is 53.9 Å². The quantitative estimate of drug-likeness (QED) is 0.197. The van der Waals surface area contributed by atoms with E-state index < -0.39 is 80.6 Å². The number of fused-ring (bicyclic) bond motifs is 4. The van der Waals surface area contributed by atoms with Gasteiger partial charge in [0.1, 0.15) is 36.2 Å². The van der Waals surface area contributed by atoms with E-state index in [0.717, 1.165) is 27.2 Å². The van der Waals surface area contributed by atoms with Crippen LogP contribution in [0.3, 0.4) is 0 Å². The lowest BCUT2D eigenvalue weighted by Crippen LogP contribution is -2.58. The van der Waals surface area contributed by atoms with Gasteiger partial charge >= 0.3 is 12.2 Å². The molecule has 0 unspecified atom stereocenters. The number of rotatable bonds is 12. The number of amides is 5. The van der Waals surface area contributed by atoms with Gasteiger partial charge in [0, 0.05) is 36.9 Å². The molecule has 2 aliphatic heterocycles. The Hall–Kier alpha value is -5.81. The Bertz CT molecular complexity index is 2280. The topological polar surface area (TPSA) is 207 Å². The molecule has 0 radical (unpaired) electrons. The maximum atomic E-state index is 14.4. The molecule has 5 amide bonds. The highest BCUT2D eigenvalue weighted by atomic mass is 32.2. The first-order valence-corrected chi connectivity index (χ1v) is 20.7. The molecule has 0 bridgehead atoms. The third-order valence-corrected chi connectivity index (χ3v) is 13.5. The number of benzene rings is 3. The van der Waals surface area contributed by atoms with Gasteiger partial charge in [0.2, 0.25) is 21.8 Å². The summed E-state index contributed by atoms with van der Waals surface area (Å²) in [4.78, 5) is 70.1. The zero-order chi connectivity index (χ0) is 40.9. The van der Waals surface area contributed by atoms with Gasteiger partial charge in [-0.2, -0.15) is 0 Å². The summed E-state index contributed by atoms with van der Waals surface area (Å²) < 4.78 is 53.1. The van der Waals surface area contributed by atoms with Gasteiger partial charge in [0.05, 0.1) is 18.3 Å². The van der Waals surface area contributed by atoms with Gasteiger partial charge in [-0.3, -0.25) is 24.0 Å². The average molecular weight is 815 g/mol. The highest BCUT2D eigenvalue weighted by Crippen LogP contribution is 2.46. The van der Waals surface area contributed by atoms with Gasteiger partial charge < -0.3 is 30.7 Å². The summed E-state index contributed by atoms with van der Waals surface area (Å²) in [6.45, 7) is 3.18. The summed E-state index contributed by atoms with van der Waals surface area (Å²) >= 11 is 0. The van der Waals surface area contributed by atoms with Crippen LogP contribution >= 0.6 is 0 Å². The molecule has 3 aliphatic carbocycles. The molecule has 0 spiro atoms. The van der Waals surface area contributed by atoms with E-state index in [4.69, 9.17) is 15.2 Å². The van der Waals surface area contributed by atoms with Crippen molar-refractivity contribution >= 4 is 39.9 Å². The third kappa shape index (κ3) is 7.39. The SMILES string of the molecule is C=C[C@@H]1C[C@]1(NC(=O)[C@@H]1C[C@@H](OC(=O)N2Cc3cccc(F)c3C2)CN1C(=O)[C@@H](N)CNC(=O)OCC1c2ccccc2-c2ccccc21)C(=O)NS(=O)(=O)C1CC1. The molecule has 3 fully saturated rings. The van der Waals surface area contributed by atoms with E-state index in [1.54, 1.807) is 12.1 Å². The predicted molar refractivity (Wildman–Crippen MR) is 206 cm³/mol. The van der Waals surface area contributed by atoms with Crippen molar-refractivity contribution in [3.05, 3.63) is 107 Å². The van der Waals surface area contributed by atoms with E-state index in [9.17, 15) is 36.8 Å². The Labute approximate surface area is 334 Å². The van der Waals surface area contributed by atoms with E-state index >= 15 is 0 Å². The number of hydrogen-bond acceptors (Lipinski definition) is 10. The van der Waals surface area contributed by atoms with Gasteiger partial charge in [-0.25, -0.2) is 22.4 Å². The highest BCUT2D eigenvalue weighted by molar-refractivity contribution is 7.91. The first-order valence-electron chi connectivity index (χ1n) is 19.2. The number of alkyl carbamates (subject to hydrolysis) is 1. The Morgan fingerprint density at radius 3 is 2.31 bits per heavy atom. The second-order valence-electron chi connectivity index (χ2n) is 15.5. The molecule has 58 heavy (non-hydrogen) atoms. The fraction of sp³-hybridized carbons (Fsp3) is 0.390. The molecule has 3 aromatic carbocycles. The van der Waals surface area contributed by atoms with Crippen LogP contribution < -0.4 is 21.1 Å². The minimum atomic E-state index is -3.95. The molecule has 8 rings (SSSR count). The number of nitrogens with zero attached hydrogens (tertiary/aromatic N) is 2. The lowest BCUT2D eigenvalue weighted by Gasteiger charge is -2.28. The molecule has 5 atom stereocenters. The number of nitrogens with two attached hydrogens (primary N) is 1. The van der Waals surface area contributed by atoms with Crippen LogP contribution in [0.2, 0.25) is 0 Å². The van der Waals surface area contributed by atoms with Gasteiger partial charge in [-0.1, -0.05) is 66.7 Å². The summed E-state index contributed by atoms with van der Waals surface area (Å²) in [6.07, 6.45) is -0.461. The van der Waals surface area contributed by atoms with Gasteiger partial charge in [0.25, 0.3) is 5.91 Å². The molecular weight excluding hydrogens is 772 g/mol. The van der Waals surface area contributed by atoms with Crippen LogP contribution in [0, 0.1) is 11.7 Å². The molecule has 304 valence electrons. The Morgan fingerprint density at radius 2 is 1.67 bits per heavy atom. The summed E-state index contributed by atoms with van der Waals surface area (Å²) in [7, 11) is -3.95. The molecule has 15 nitrogen and oxygen atoms in total. The van der Waals surface area contributed by atoms with Crippen molar-refractivity contribution in [1.82, 2.24) is 25.2 Å². The van der Waals surface area contributed by atoms with Crippen molar-refractivity contribution < 1.29 is 46.3 Å². The van der Waals surface area contributed by atoms with Crippen LogP contribution in [-0.4, -0.2) is 96.8 Å². The monoisotopic (exact) mass is 814 g/mol. The number of nitrogens with one attached hydrogen (secondary N) is 3. The molecule has 0 aromatic heterocycles. The van der Waals surface area contributed by atoms with E-state index in [1.165, 1.54) is 17.0 Å². The summed E-state index contributed by atoms with van der Waals surface area (Å²) in [5.74, 6) is -3.73. The molecule has 5 aliphatic rings. The van der Waals surface area contributed by atoms with Crippen molar-refractivity contribution in [1.29, 1.82) is 0 Å². The predicted octanol–water partition coefficient (Wildman–Crippen LogP) is 2.78. The number of sulfonamides is 1. The molecule has 1 saturated heterocycles. The summed E-state index contributed by atoms with van der Waals surface area (Å²) in [5, 5.41) is 4.51. The van der Waals surface area contributed by atoms with Crippen molar-refractivity contribution in [3.63, 3.8) is 0 Å². The summed E-state index contributed by atoms with van der Waals surface area (Å²) in [5.41, 5.74) is 9.82. The maximum Gasteiger partial charge on any atom is 0.410 e.